The molecule has 0 saturated heterocycles. The molecule has 0 bridgehead atoms. The van der Waals surface area contributed by atoms with Crippen LogP contribution >= 0.6 is 0 Å². The van der Waals surface area contributed by atoms with E-state index in [9.17, 15) is 9.59 Å². The van der Waals surface area contributed by atoms with Crippen LogP contribution in [0.5, 0.6) is 0 Å². The largest absolute Gasteiger partial charge is 0.480 e. The van der Waals surface area contributed by atoms with Crippen molar-refractivity contribution in [1.82, 2.24) is 10.6 Å². The summed E-state index contributed by atoms with van der Waals surface area (Å²) in [5.41, 5.74) is -1.23. The van der Waals surface area contributed by atoms with Crippen molar-refractivity contribution in [2.24, 2.45) is 11.8 Å². The number of rotatable bonds is 4. The Morgan fingerprint density at radius 3 is 2.44 bits per heavy atom. The smallest absolute Gasteiger partial charge is 0.328 e. The zero-order valence-electron chi connectivity index (χ0n) is 11.5. The van der Waals surface area contributed by atoms with Gasteiger partial charge in [-0.15, -0.1) is 0 Å². The molecule has 104 valence electrons. The molecule has 0 spiro atoms. The highest BCUT2D eigenvalue weighted by molar-refractivity contribution is 5.85. The topological polar surface area (TPSA) is 78.4 Å². The van der Waals surface area contributed by atoms with Crippen molar-refractivity contribution >= 4 is 12.0 Å². The fourth-order valence-electron chi connectivity index (χ4n) is 2.30. The van der Waals surface area contributed by atoms with Gasteiger partial charge < -0.3 is 15.7 Å². The Hall–Kier alpha value is -1.26. The van der Waals surface area contributed by atoms with Gasteiger partial charge in [0.15, 0.2) is 0 Å². The van der Waals surface area contributed by atoms with Gasteiger partial charge >= 0.3 is 12.0 Å². The van der Waals surface area contributed by atoms with E-state index in [0.717, 1.165) is 6.42 Å². The highest BCUT2D eigenvalue weighted by Gasteiger charge is 2.29. The molecule has 0 aromatic rings. The number of amides is 2. The molecule has 0 aromatic heterocycles. The number of hydrogen-bond acceptors (Lipinski definition) is 2. The number of aliphatic carboxylic acids is 1. The van der Waals surface area contributed by atoms with Gasteiger partial charge in [0.05, 0.1) is 0 Å². The molecule has 0 heterocycles. The molecular weight excluding hydrogens is 232 g/mol. The van der Waals surface area contributed by atoms with E-state index in [2.05, 4.69) is 17.6 Å². The fourth-order valence-corrected chi connectivity index (χ4v) is 2.30. The molecule has 18 heavy (non-hydrogen) atoms. The molecule has 0 aromatic carbocycles. The molecule has 1 saturated carbocycles. The Bertz CT molecular complexity index is 315. The normalized spacial score (nSPS) is 24.4. The molecule has 5 heteroatoms. The third-order valence-corrected chi connectivity index (χ3v) is 3.77. The van der Waals surface area contributed by atoms with E-state index >= 15 is 0 Å². The van der Waals surface area contributed by atoms with Crippen LogP contribution in [0.15, 0.2) is 0 Å². The zero-order valence-corrected chi connectivity index (χ0v) is 11.5. The summed E-state index contributed by atoms with van der Waals surface area (Å²) < 4.78 is 0. The Balaban J connectivity index is 2.35. The van der Waals surface area contributed by atoms with Crippen molar-refractivity contribution in [3.05, 3.63) is 0 Å². The van der Waals surface area contributed by atoms with E-state index in [1.54, 1.807) is 0 Å². The van der Waals surface area contributed by atoms with Crippen LogP contribution in [0.25, 0.3) is 0 Å². The maximum Gasteiger partial charge on any atom is 0.328 e. The van der Waals surface area contributed by atoms with Gasteiger partial charge in [0.25, 0.3) is 0 Å². The second-order valence-corrected chi connectivity index (χ2v) is 5.79. The molecule has 1 rings (SSSR count). The standard InChI is InChI=1S/C13H24N2O3/c1-9-6-4-5-7-10(9)8-14-12(18)15-13(2,3)11(16)17/h9-10H,4-8H2,1-3H3,(H,16,17)(H2,14,15,18). The summed E-state index contributed by atoms with van der Waals surface area (Å²) in [7, 11) is 0. The lowest BCUT2D eigenvalue weighted by Crippen LogP contribution is -2.53. The van der Waals surface area contributed by atoms with E-state index in [1.807, 2.05) is 0 Å². The zero-order chi connectivity index (χ0) is 13.8. The Labute approximate surface area is 108 Å². The molecule has 1 aliphatic rings. The van der Waals surface area contributed by atoms with Gasteiger partial charge in [-0.2, -0.15) is 0 Å². The number of carboxylic acids is 1. The van der Waals surface area contributed by atoms with E-state index in [1.165, 1.54) is 33.1 Å². The van der Waals surface area contributed by atoms with E-state index in [4.69, 9.17) is 5.11 Å². The van der Waals surface area contributed by atoms with Crippen LogP contribution in [-0.4, -0.2) is 29.2 Å². The van der Waals surface area contributed by atoms with Crippen LogP contribution in [-0.2, 0) is 4.79 Å². The van der Waals surface area contributed by atoms with Crippen molar-refractivity contribution in [1.29, 1.82) is 0 Å². The van der Waals surface area contributed by atoms with E-state index in [-0.39, 0.29) is 0 Å². The maximum absolute atomic E-state index is 11.6. The van der Waals surface area contributed by atoms with Crippen LogP contribution in [0.1, 0.15) is 46.5 Å². The van der Waals surface area contributed by atoms with Crippen molar-refractivity contribution in [3.63, 3.8) is 0 Å². The molecule has 0 radical (unpaired) electrons. The summed E-state index contributed by atoms with van der Waals surface area (Å²) in [6.07, 6.45) is 4.85. The van der Waals surface area contributed by atoms with Gasteiger partial charge in [-0.25, -0.2) is 9.59 Å². The average Bonchev–Trinajstić information content (AvgIpc) is 2.27. The third kappa shape index (κ3) is 4.20. The Morgan fingerprint density at radius 1 is 1.28 bits per heavy atom. The van der Waals surface area contributed by atoms with Gasteiger partial charge in [0.2, 0.25) is 0 Å². The lowest BCUT2D eigenvalue weighted by atomic mass is 9.80. The lowest BCUT2D eigenvalue weighted by molar-refractivity contribution is -0.142. The molecule has 2 atom stereocenters. The number of urea groups is 1. The third-order valence-electron chi connectivity index (χ3n) is 3.77. The van der Waals surface area contributed by atoms with Crippen molar-refractivity contribution < 1.29 is 14.7 Å². The summed E-state index contributed by atoms with van der Waals surface area (Å²) in [5.74, 6) is 0.104. The summed E-state index contributed by atoms with van der Waals surface area (Å²) in [5, 5.41) is 14.1. The molecule has 3 N–H and O–H groups in total. The molecule has 5 nitrogen and oxygen atoms in total. The second-order valence-electron chi connectivity index (χ2n) is 5.79. The minimum atomic E-state index is -1.23. The number of nitrogens with one attached hydrogen (secondary N) is 2. The summed E-state index contributed by atoms with van der Waals surface area (Å²) in [6.45, 7) is 5.78. The summed E-state index contributed by atoms with van der Waals surface area (Å²) in [4.78, 5) is 22.5. The van der Waals surface area contributed by atoms with Gasteiger partial charge in [-0.1, -0.05) is 26.2 Å². The van der Waals surface area contributed by atoms with E-state index < -0.39 is 17.5 Å². The predicted octanol–water partition coefficient (Wildman–Crippen LogP) is 1.98. The second kappa shape index (κ2) is 6.07. The number of carboxylic acid groups (broad SMARTS) is 1. The SMILES string of the molecule is CC1CCCCC1CNC(=O)NC(C)(C)C(=O)O. The quantitative estimate of drug-likeness (QED) is 0.719. The Morgan fingerprint density at radius 2 is 1.89 bits per heavy atom. The average molecular weight is 256 g/mol. The minimum Gasteiger partial charge on any atom is -0.480 e. The highest BCUT2D eigenvalue weighted by Crippen LogP contribution is 2.28. The van der Waals surface area contributed by atoms with Crippen LogP contribution in [0.4, 0.5) is 4.79 Å². The molecule has 0 aliphatic heterocycles. The molecular formula is C13H24N2O3. The van der Waals surface area contributed by atoms with Crippen molar-refractivity contribution in [2.45, 2.75) is 52.0 Å². The fraction of sp³-hybridized carbons (Fsp3) is 0.846. The summed E-state index contributed by atoms with van der Waals surface area (Å²) in [6, 6.07) is -0.403. The molecule has 2 amide bonds. The van der Waals surface area contributed by atoms with Crippen molar-refractivity contribution in [3.8, 4) is 0 Å². The van der Waals surface area contributed by atoms with Gasteiger partial charge in [0.1, 0.15) is 5.54 Å². The molecule has 2 unspecified atom stereocenters. The van der Waals surface area contributed by atoms with Crippen molar-refractivity contribution in [2.75, 3.05) is 6.54 Å². The van der Waals surface area contributed by atoms with Crippen LogP contribution in [0.2, 0.25) is 0 Å². The number of carbonyl (C=O) groups is 2. The van der Waals surface area contributed by atoms with Gasteiger partial charge in [-0.3, -0.25) is 0 Å². The van der Waals surface area contributed by atoms with E-state index in [0.29, 0.717) is 18.4 Å². The first-order valence-corrected chi connectivity index (χ1v) is 6.62. The van der Waals surface area contributed by atoms with Gasteiger partial charge in [0, 0.05) is 6.54 Å². The monoisotopic (exact) mass is 256 g/mol. The first-order chi connectivity index (χ1) is 8.33. The summed E-state index contributed by atoms with van der Waals surface area (Å²) >= 11 is 0. The molecule has 1 aliphatic carbocycles. The lowest BCUT2D eigenvalue weighted by Gasteiger charge is -2.29. The van der Waals surface area contributed by atoms with Gasteiger partial charge in [-0.05, 0) is 32.1 Å². The maximum atomic E-state index is 11.6. The first kappa shape index (κ1) is 14.8. The number of hydrogen-bond donors (Lipinski definition) is 3. The number of carbonyl (C=O) groups excluding carboxylic acids is 1. The molecule has 1 fully saturated rings. The Kier molecular flexibility index (Phi) is 4.99. The van der Waals surface area contributed by atoms with Crippen LogP contribution in [0, 0.1) is 11.8 Å². The first-order valence-electron chi connectivity index (χ1n) is 6.62. The van der Waals surface area contributed by atoms with Crippen LogP contribution in [0.3, 0.4) is 0 Å². The highest BCUT2D eigenvalue weighted by atomic mass is 16.4. The predicted molar refractivity (Wildman–Crippen MR) is 69.4 cm³/mol. The van der Waals surface area contributed by atoms with Crippen LogP contribution < -0.4 is 10.6 Å². The minimum absolute atomic E-state index is 0.403.